The van der Waals surface area contributed by atoms with Gasteiger partial charge in [-0.15, -0.1) is 0 Å². The molecule has 0 radical (unpaired) electrons. The van der Waals surface area contributed by atoms with E-state index in [4.69, 9.17) is 35.1 Å². The number of benzene rings is 4. The van der Waals surface area contributed by atoms with Crippen LogP contribution >= 0.6 is 15.9 Å². The van der Waals surface area contributed by atoms with Crippen molar-refractivity contribution in [3.8, 4) is 23.1 Å². The Morgan fingerprint density at radius 1 is 0.820 bits per heavy atom. The normalized spacial score (nSPS) is 13.8. The number of nitrogens with zero attached hydrogens (tertiary/aromatic N) is 5. The number of hydrogen-bond acceptors (Lipinski definition) is 13. The highest BCUT2D eigenvalue weighted by Gasteiger charge is 2.24. The highest BCUT2D eigenvalue weighted by atomic mass is 79.9. The molecular weight excluding hydrogens is 840 g/mol. The number of rotatable bonds is 20. The molecule has 1 aliphatic heterocycles. The molecule has 2 aromatic heterocycles. The summed E-state index contributed by atoms with van der Waals surface area (Å²) >= 11 is 3.55. The first-order valence-electron chi connectivity index (χ1n) is 20.3. The molecule has 3 heterocycles. The number of aryl methyl sites for hydroxylation is 1. The van der Waals surface area contributed by atoms with E-state index in [1.165, 1.54) is 6.33 Å². The number of fused-ring (bicyclic) bond motifs is 1. The van der Waals surface area contributed by atoms with Gasteiger partial charge in [0, 0.05) is 53.7 Å². The van der Waals surface area contributed by atoms with Crippen LogP contribution < -0.4 is 15.8 Å². The number of phenolic OH excluding ortho intramolecular Hbond substituents is 1. The minimum Gasteiger partial charge on any atom is -0.508 e. The Morgan fingerprint density at radius 3 is 2.26 bits per heavy atom. The van der Waals surface area contributed by atoms with Crippen LogP contribution in [0.4, 0.5) is 11.6 Å². The van der Waals surface area contributed by atoms with Crippen molar-refractivity contribution < 1.29 is 29.2 Å². The zero-order valence-electron chi connectivity index (χ0n) is 34.1. The van der Waals surface area contributed by atoms with Crippen LogP contribution in [0, 0.1) is 5.41 Å². The fraction of sp³-hybridized carbons (Fsp3) is 0.304. The summed E-state index contributed by atoms with van der Waals surface area (Å²) in [5, 5.41) is 34.7. The maximum absolute atomic E-state index is 11.1. The Morgan fingerprint density at radius 2 is 1.52 bits per heavy atom. The number of nitrogens with two attached hydrogens (primary N) is 1. The topological polar surface area (TPSA) is 186 Å². The van der Waals surface area contributed by atoms with E-state index in [-0.39, 0.29) is 29.2 Å². The van der Waals surface area contributed by atoms with Gasteiger partial charge in [0.2, 0.25) is 5.88 Å². The summed E-state index contributed by atoms with van der Waals surface area (Å²) in [5.74, 6) is 2.46. The van der Waals surface area contributed by atoms with Crippen LogP contribution in [0.25, 0.3) is 10.9 Å². The number of phenols is 1. The number of piperidine rings is 1. The van der Waals surface area contributed by atoms with E-state index in [0.717, 1.165) is 53.6 Å². The van der Waals surface area contributed by atoms with Gasteiger partial charge in [0.25, 0.3) is 0 Å². The molecule has 1 aliphatic rings. The summed E-state index contributed by atoms with van der Waals surface area (Å²) in [7, 11) is 1.81. The average molecular weight is 892 g/mol. The minimum absolute atomic E-state index is 0.0949. The molecule has 1 saturated heterocycles. The number of aliphatic imine (C=N–C) groups is 1. The number of para-hydroxylation sites is 1. The molecule has 1 fully saturated rings. The van der Waals surface area contributed by atoms with Crippen LogP contribution in [0.3, 0.4) is 0 Å². The van der Waals surface area contributed by atoms with Crippen molar-refractivity contribution in [2.75, 3.05) is 76.9 Å². The summed E-state index contributed by atoms with van der Waals surface area (Å²) in [6, 6.07) is 29.8. The number of aromatic hydroxyl groups is 2. The van der Waals surface area contributed by atoms with E-state index >= 15 is 0 Å². The third-order valence-electron chi connectivity index (χ3n) is 10.5. The van der Waals surface area contributed by atoms with E-state index < -0.39 is 0 Å². The van der Waals surface area contributed by atoms with Crippen molar-refractivity contribution in [1.29, 1.82) is 5.41 Å². The van der Waals surface area contributed by atoms with Gasteiger partial charge in [0.1, 0.15) is 35.2 Å². The number of aromatic nitrogens is 3. The Hall–Kier alpha value is -5.84. The van der Waals surface area contributed by atoms with Gasteiger partial charge in [-0.2, -0.15) is 0 Å². The number of halogens is 1. The fourth-order valence-corrected chi connectivity index (χ4v) is 7.63. The summed E-state index contributed by atoms with van der Waals surface area (Å²) in [5.41, 5.74) is 10.5. The van der Waals surface area contributed by atoms with Crippen LogP contribution in [-0.2, 0) is 21.3 Å². The zero-order valence-corrected chi connectivity index (χ0v) is 35.7. The van der Waals surface area contributed by atoms with Gasteiger partial charge in [0.05, 0.1) is 74.3 Å². The number of likely N-dealkylation sites (tertiary alicyclic amines) is 1. The first-order valence-corrected chi connectivity index (χ1v) is 21.1. The first-order chi connectivity index (χ1) is 29.7. The Kier molecular flexibility index (Phi) is 15.0. The lowest BCUT2D eigenvalue weighted by atomic mass is 10.0. The molecule has 61 heavy (non-hydrogen) atoms. The lowest BCUT2D eigenvalue weighted by Gasteiger charge is -2.32. The Balaban J connectivity index is 0.782. The van der Waals surface area contributed by atoms with Gasteiger partial charge < -0.3 is 49.7 Å². The number of ether oxygens (including phenoxy) is 4. The van der Waals surface area contributed by atoms with Crippen molar-refractivity contribution in [2.45, 2.75) is 18.9 Å². The maximum Gasteiger partial charge on any atom is 0.201 e. The lowest BCUT2D eigenvalue weighted by molar-refractivity contribution is 0.0109. The molecule has 0 bridgehead atoms. The molecule has 0 amide bonds. The van der Waals surface area contributed by atoms with Crippen molar-refractivity contribution >= 4 is 49.9 Å². The van der Waals surface area contributed by atoms with Gasteiger partial charge in [-0.25, -0.2) is 9.97 Å². The van der Waals surface area contributed by atoms with E-state index in [0.29, 0.717) is 85.7 Å². The van der Waals surface area contributed by atoms with Crippen LogP contribution in [0.2, 0.25) is 0 Å². The summed E-state index contributed by atoms with van der Waals surface area (Å²) < 4.78 is 25.9. The lowest BCUT2D eigenvalue weighted by Crippen LogP contribution is -2.41. The van der Waals surface area contributed by atoms with E-state index in [9.17, 15) is 10.2 Å². The Bertz CT molecular complexity index is 2420. The van der Waals surface area contributed by atoms with Crippen molar-refractivity contribution in [3.63, 3.8) is 0 Å². The minimum atomic E-state index is 0.0949. The molecule has 6 N–H and O–H groups in total. The van der Waals surface area contributed by atoms with Crippen molar-refractivity contribution in [2.24, 2.45) is 12.0 Å². The SMILES string of the molecule is Cn1c(O)c(C(=NCCOCCOCCOCCN2CCC(Nc3ncnc(N)c3C(=N)c3ccc(Oc4ccccc4)cc3)CC2)c2cccc(O)c2)c2cc(Br)ccc21. The van der Waals surface area contributed by atoms with E-state index in [1.54, 1.807) is 22.8 Å². The predicted octanol–water partition coefficient (Wildman–Crippen LogP) is 7.40. The number of anilines is 2. The maximum atomic E-state index is 11.1. The molecule has 0 aliphatic carbocycles. The monoisotopic (exact) mass is 890 g/mol. The first kappa shape index (κ1) is 43.3. The molecule has 0 spiro atoms. The second kappa shape index (κ2) is 21.1. The summed E-state index contributed by atoms with van der Waals surface area (Å²) in [6.07, 6.45) is 3.26. The molecule has 7 rings (SSSR count). The van der Waals surface area contributed by atoms with Gasteiger partial charge in [-0.3, -0.25) is 10.4 Å². The van der Waals surface area contributed by atoms with Crippen molar-refractivity contribution in [1.82, 2.24) is 19.4 Å². The molecule has 14 nitrogen and oxygen atoms in total. The van der Waals surface area contributed by atoms with Crippen LogP contribution in [0.1, 0.15) is 35.1 Å². The smallest absolute Gasteiger partial charge is 0.201 e. The summed E-state index contributed by atoms with van der Waals surface area (Å²) in [4.78, 5) is 15.9. The number of hydrogen-bond donors (Lipinski definition) is 5. The fourth-order valence-electron chi connectivity index (χ4n) is 7.27. The molecule has 15 heteroatoms. The van der Waals surface area contributed by atoms with Crippen LogP contribution in [0.5, 0.6) is 23.1 Å². The largest absolute Gasteiger partial charge is 0.508 e. The van der Waals surface area contributed by atoms with E-state index in [2.05, 4.69) is 36.1 Å². The van der Waals surface area contributed by atoms with E-state index in [1.807, 2.05) is 85.9 Å². The average Bonchev–Trinajstić information content (AvgIpc) is 3.50. The molecule has 0 unspecified atom stereocenters. The Labute approximate surface area is 363 Å². The van der Waals surface area contributed by atoms with Crippen molar-refractivity contribution in [3.05, 3.63) is 130 Å². The number of nitrogens with one attached hydrogen (secondary N) is 2. The zero-order chi connectivity index (χ0) is 42.6. The molecule has 6 aromatic rings. The standard InChI is InChI=1S/C46H51BrN8O6/c1-54-39-15-12-33(47)29-38(39)40(46(54)57)43(32-6-5-7-35(56)28-32)50-18-22-58-24-26-60-27-25-59-23-21-55-19-16-34(17-20-55)53-45-41(44(49)51-30-52-45)42(48)31-10-13-37(14-11-31)61-36-8-3-2-4-9-36/h2-15,28-30,34,48,56-57H,16-27H2,1H3,(H3,49,51,52,53). The van der Waals surface area contributed by atoms with Gasteiger partial charge in [0.15, 0.2) is 0 Å². The molecular formula is C46H51BrN8O6. The third-order valence-corrected chi connectivity index (χ3v) is 11.0. The second-order valence-corrected chi connectivity index (χ2v) is 15.5. The van der Waals surface area contributed by atoms with Gasteiger partial charge in [-0.1, -0.05) is 46.3 Å². The molecule has 0 atom stereocenters. The quantitative estimate of drug-likeness (QED) is 0.0380. The molecule has 4 aromatic carbocycles. The highest BCUT2D eigenvalue weighted by molar-refractivity contribution is 9.10. The predicted molar refractivity (Wildman–Crippen MR) is 242 cm³/mol. The summed E-state index contributed by atoms with van der Waals surface area (Å²) in [6.45, 7) is 5.78. The second-order valence-electron chi connectivity index (χ2n) is 14.6. The molecule has 0 saturated carbocycles. The van der Waals surface area contributed by atoms with Crippen LogP contribution in [0.15, 0.2) is 113 Å². The third kappa shape index (κ3) is 11.3. The van der Waals surface area contributed by atoms with Crippen LogP contribution in [-0.4, -0.2) is 113 Å². The highest BCUT2D eigenvalue weighted by Crippen LogP contribution is 2.35. The van der Waals surface area contributed by atoms with Gasteiger partial charge >= 0.3 is 0 Å². The number of nitrogen functional groups attached to an aromatic ring is 1. The van der Waals surface area contributed by atoms with Gasteiger partial charge in [-0.05, 0) is 79.6 Å². The molecule has 318 valence electrons.